The first-order chi connectivity index (χ1) is 24.8. The van der Waals surface area contributed by atoms with Crippen LogP contribution in [0.25, 0.3) is 0 Å². The topological polar surface area (TPSA) is 178 Å². The van der Waals surface area contributed by atoms with Gasteiger partial charge >= 0.3 is 24.4 Å². The number of hydrogen-bond donors (Lipinski definition) is 0. The van der Waals surface area contributed by atoms with E-state index in [1.807, 2.05) is 0 Å². The molecule has 0 saturated heterocycles. The van der Waals surface area contributed by atoms with E-state index in [2.05, 4.69) is 12.1 Å². The molecule has 0 aliphatic heterocycles. The van der Waals surface area contributed by atoms with Gasteiger partial charge in [-0.2, -0.15) is 10.5 Å². The van der Waals surface area contributed by atoms with Crippen LogP contribution in [-0.2, 0) is 18.9 Å². The summed E-state index contributed by atoms with van der Waals surface area (Å²) in [6.07, 6.45) is -6.77. The maximum atomic E-state index is 14.1. The van der Waals surface area contributed by atoms with Crippen molar-refractivity contribution in [1.29, 1.82) is 10.5 Å². The van der Waals surface area contributed by atoms with Gasteiger partial charge in [0.1, 0.15) is 46.1 Å². The lowest BCUT2D eigenvalue weighted by atomic mass is 9.84. The Labute approximate surface area is 317 Å². The van der Waals surface area contributed by atoms with Gasteiger partial charge in [-0.25, -0.2) is 29.0 Å². The lowest BCUT2D eigenvalue weighted by Gasteiger charge is -2.46. The highest BCUT2D eigenvalue weighted by Crippen LogP contribution is 2.36. The van der Waals surface area contributed by atoms with E-state index in [1.165, 1.54) is 0 Å². The van der Waals surface area contributed by atoms with Crippen LogP contribution in [0.3, 0.4) is 0 Å². The van der Waals surface area contributed by atoms with Crippen LogP contribution in [0.1, 0.15) is 107 Å². The number of rotatable bonds is 6. The van der Waals surface area contributed by atoms with Gasteiger partial charge in [-0.3, -0.25) is 0 Å². The number of carbonyl (C=O) groups is 4. The third-order valence-corrected chi connectivity index (χ3v) is 7.37. The van der Waals surface area contributed by atoms with Crippen LogP contribution in [-0.4, -0.2) is 80.9 Å². The number of nitrogens with zero attached hydrogens (tertiary/aromatic N) is 4. The number of nitriles is 2. The molecule has 2 aromatic rings. The first-order valence-corrected chi connectivity index (χ1v) is 17.6. The lowest BCUT2D eigenvalue weighted by molar-refractivity contribution is -0.0686. The van der Waals surface area contributed by atoms with Crippen molar-refractivity contribution in [1.82, 2.24) is 9.80 Å². The smallest absolute Gasteiger partial charge is 0.420 e. The van der Waals surface area contributed by atoms with Gasteiger partial charge in [0, 0.05) is 6.42 Å². The number of hydrogen-bond acceptors (Lipinski definition) is 12. The van der Waals surface area contributed by atoms with Crippen LogP contribution < -0.4 is 9.47 Å². The maximum Gasteiger partial charge on any atom is 0.420 e. The second-order valence-corrected chi connectivity index (χ2v) is 16.9. The minimum atomic E-state index is -1.25. The van der Waals surface area contributed by atoms with Crippen molar-refractivity contribution < 1.29 is 47.6 Å². The monoisotopic (exact) mass is 748 g/mol. The van der Waals surface area contributed by atoms with Crippen LogP contribution in [0.2, 0.25) is 0 Å². The van der Waals surface area contributed by atoms with Gasteiger partial charge in [-0.1, -0.05) is 0 Å². The van der Waals surface area contributed by atoms with Gasteiger partial charge in [0.15, 0.2) is 0 Å². The number of benzene rings is 2. The summed E-state index contributed by atoms with van der Waals surface area (Å²) in [5.41, 5.74) is -3.44. The molecule has 3 rings (SSSR count). The summed E-state index contributed by atoms with van der Waals surface area (Å²) < 4.78 is 35.9. The van der Waals surface area contributed by atoms with Crippen molar-refractivity contribution in [3.05, 3.63) is 59.7 Å². The molecule has 54 heavy (non-hydrogen) atoms. The predicted octanol–water partition coefficient (Wildman–Crippen LogP) is 8.50. The molecule has 1 aliphatic rings. The Bertz CT molecular complexity index is 1550. The van der Waals surface area contributed by atoms with Crippen molar-refractivity contribution >= 4 is 24.4 Å². The summed E-state index contributed by atoms with van der Waals surface area (Å²) in [5, 5.41) is 18.8. The molecule has 0 spiro atoms. The molecule has 0 radical (unpaired) electrons. The third kappa shape index (κ3) is 12.9. The molecule has 1 aliphatic carbocycles. The summed E-state index contributed by atoms with van der Waals surface area (Å²) >= 11 is 0. The van der Waals surface area contributed by atoms with Crippen LogP contribution in [0.5, 0.6) is 11.5 Å². The van der Waals surface area contributed by atoms with E-state index < -0.39 is 71.1 Å². The van der Waals surface area contributed by atoms with Gasteiger partial charge in [-0.15, -0.1) is 0 Å². The van der Waals surface area contributed by atoms with E-state index in [1.54, 1.807) is 132 Å². The van der Waals surface area contributed by atoms with Crippen molar-refractivity contribution in [2.45, 2.75) is 143 Å². The average Bonchev–Trinajstić information content (AvgIpc) is 3.00. The zero-order valence-electron chi connectivity index (χ0n) is 33.2. The van der Waals surface area contributed by atoms with E-state index in [0.29, 0.717) is 22.6 Å². The largest absolute Gasteiger partial charge is 0.488 e. The molecule has 1 fully saturated rings. The number of amides is 4. The van der Waals surface area contributed by atoms with Crippen molar-refractivity contribution in [2.24, 2.45) is 0 Å². The van der Waals surface area contributed by atoms with E-state index >= 15 is 0 Å². The van der Waals surface area contributed by atoms with E-state index in [9.17, 15) is 29.7 Å². The normalized spacial score (nSPS) is 18.9. The highest BCUT2D eigenvalue weighted by molar-refractivity contribution is 5.90. The molecule has 1 saturated carbocycles. The highest BCUT2D eigenvalue weighted by atomic mass is 16.6. The molecule has 0 aromatic heterocycles. The molecule has 0 bridgehead atoms. The molecular formula is C40H52N4O10. The molecule has 0 N–H and O–H groups in total. The highest BCUT2D eigenvalue weighted by Gasteiger charge is 2.53. The fourth-order valence-corrected chi connectivity index (χ4v) is 5.39. The zero-order chi connectivity index (χ0) is 40.8. The number of ether oxygens (including phenoxy) is 6. The maximum absolute atomic E-state index is 14.1. The van der Waals surface area contributed by atoms with Gasteiger partial charge in [-0.05, 0) is 138 Å². The molecule has 292 valence electrons. The van der Waals surface area contributed by atoms with Gasteiger partial charge in [0.05, 0.1) is 35.3 Å². The first-order valence-electron chi connectivity index (χ1n) is 17.6. The average molecular weight is 749 g/mol. The second kappa shape index (κ2) is 16.7. The lowest BCUT2D eigenvalue weighted by Crippen LogP contribution is -2.65. The van der Waals surface area contributed by atoms with E-state index in [4.69, 9.17) is 28.4 Å². The van der Waals surface area contributed by atoms with Crippen LogP contribution in [0.4, 0.5) is 19.2 Å². The molecule has 0 heterocycles. The Morgan fingerprint density at radius 1 is 0.500 bits per heavy atom. The summed E-state index contributed by atoms with van der Waals surface area (Å²) in [6, 6.07) is 14.1. The Balaban J connectivity index is 2.31. The molecule has 14 heteroatoms. The molecule has 4 atom stereocenters. The third-order valence-electron chi connectivity index (χ3n) is 7.37. The van der Waals surface area contributed by atoms with Gasteiger partial charge in [0.2, 0.25) is 0 Å². The van der Waals surface area contributed by atoms with Gasteiger partial charge < -0.3 is 28.4 Å². The SMILES string of the molecule is CC(C)(C)OC(=O)N(C(=O)OC(C)(C)C)[C@@H]1C[C@H](N(C(=O)OC(C)(C)C)C(=O)OC(C)(C)C)[C@@H](Oc2ccc(C#N)cc2)C[C@H]1Oc1ccc(C#N)cc1. The summed E-state index contributed by atoms with van der Waals surface area (Å²) in [6.45, 7) is 19.7. The summed E-state index contributed by atoms with van der Waals surface area (Å²) in [7, 11) is 0. The molecule has 4 amide bonds. The fraction of sp³-hybridized carbons (Fsp3) is 0.550. The Hall–Kier alpha value is -5.50. The standard InChI is InChI=1S/C40H52N4O10/c1-37(2,3)51-33(45)43(34(46)52-38(4,5)6)29-21-30(44(35(47)53-39(7,8)9)36(48)54-40(10,11)12)32(50-28-19-15-26(24-42)16-20-28)22-31(29)49-27-17-13-25(23-41)14-18-27/h13-20,29-32H,21-22H2,1-12H3/t29-,30+,31-,32+. The van der Waals surface area contributed by atoms with E-state index in [0.717, 1.165) is 9.80 Å². The Kier molecular flexibility index (Phi) is 13.2. The fourth-order valence-electron chi connectivity index (χ4n) is 5.39. The van der Waals surface area contributed by atoms with E-state index in [-0.39, 0.29) is 12.8 Å². The van der Waals surface area contributed by atoms with Crippen LogP contribution in [0, 0.1) is 22.7 Å². The quantitative estimate of drug-likeness (QED) is 0.258. The molecule has 0 unspecified atom stereocenters. The molecular weight excluding hydrogens is 696 g/mol. The second-order valence-electron chi connectivity index (χ2n) is 16.9. The molecule has 2 aromatic carbocycles. The summed E-state index contributed by atoms with van der Waals surface area (Å²) in [5.74, 6) is 0.591. The van der Waals surface area contributed by atoms with Crippen LogP contribution >= 0.6 is 0 Å². The number of carbonyl (C=O) groups excluding carboxylic acids is 4. The van der Waals surface area contributed by atoms with Crippen molar-refractivity contribution in [3.63, 3.8) is 0 Å². The molecule has 14 nitrogen and oxygen atoms in total. The Morgan fingerprint density at radius 3 is 0.981 bits per heavy atom. The van der Waals surface area contributed by atoms with Crippen molar-refractivity contribution in [2.75, 3.05) is 0 Å². The summed E-state index contributed by atoms with van der Waals surface area (Å²) in [4.78, 5) is 57.9. The van der Waals surface area contributed by atoms with Crippen molar-refractivity contribution in [3.8, 4) is 23.6 Å². The predicted molar refractivity (Wildman–Crippen MR) is 197 cm³/mol. The minimum absolute atomic E-state index is 0.125. The minimum Gasteiger partial charge on any atom is -0.488 e. The first kappa shape index (κ1) is 42.9. The van der Waals surface area contributed by atoms with Crippen LogP contribution in [0.15, 0.2) is 48.5 Å². The number of imide groups is 2. The Morgan fingerprint density at radius 2 is 0.759 bits per heavy atom. The zero-order valence-corrected chi connectivity index (χ0v) is 33.2. The van der Waals surface area contributed by atoms with Gasteiger partial charge in [0.25, 0.3) is 0 Å².